The lowest BCUT2D eigenvalue weighted by atomic mass is 10.1. The van der Waals surface area contributed by atoms with Crippen molar-refractivity contribution in [3.8, 4) is 0 Å². The molecule has 0 saturated carbocycles. The Kier molecular flexibility index (Phi) is 54.8. The summed E-state index contributed by atoms with van der Waals surface area (Å²) >= 11 is 27.3. The molecule has 3 N–H and O–H groups in total. The second kappa shape index (κ2) is 52.7. The van der Waals surface area contributed by atoms with Gasteiger partial charge >= 0.3 is 16.3 Å². The topological polar surface area (TPSA) is 158 Å². The van der Waals surface area contributed by atoms with Crippen molar-refractivity contribution >= 4 is 131 Å². The van der Waals surface area contributed by atoms with E-state index in [0.717, 1.165) is 58.9 Å². The first kappa shape index (κ1) is 71.7. The van der Waals surface area contributed by atoms with Crippen LogP contribution < -0.4 is 11.4 Å². The molecule has 0 radical (unpaired) electrons. The van der Waals surface area contributed by atoms with Crippen LogP contribution in [-0.2, 0) is 0 Å². The summed E-state index contributed by atoms with van der Waals surface area (Å²) in [5, 5.41) is 9.67. The van der Waals surface area contributed by atoms with E-state index in [1.165, 1.54) is 170 Å². The van der Waals surface area contributed by atoms with Crippen molar-refractivity contribution in [3.63, 3.8) is 0 Å². The number of nitrogen functional groups attached to an aromatic ring is 1. The molecule has 0 atom stereocenters. The van der Waals surface area contributed by atoms with Gasteiger partial charge < -0.3 is 15.3 Å². The number of nitrogens with zero attached hydrogens (tertiary/aromatic N) is 1. The number of thioether (sulfide) groups is 3. The van der Waals surface area contributed by atoms with Crippen LogP contribution >= 0.6 is 94.3 Å². The van der Waals surface area contributed by atoms with Gasteiger partial charge in [-0.05, 0) is 116 Å². The van der Waals surface area contributed by atoms with Crippen LogP contribution in [-0.4, -0.2) is 52.9 Å². The number of carboxylic acids is 1. The van der Waals surface area contributed by atoms with Crippen LogP contribution in [0.1, 0.15) is 203 Å². The molecular weight excluding hydrogens is 1030 g/mol. The van der Waals surface area contributed by atoms with Gasteiger partial charge in [-0.1, -0.05) is 215 Å². The molecule has 0 aliphatic rings. The molecular formula is C52H84Cl4N2O7S4. The number of fused-ring (bicyclic) bond motifs is 1. The number of nitrogens with two attached hydrogens (primary N) is 1. The molecule has 0 aliphatic heterocycles. The summed E-state index contributed by atoms with van der Waals surface area (Å²) < 4.78 is 3.85. The summed E-state index contributed by atoms with van der Waals surface area (Å²) in [6.45, 7) is 12.7. The van der Waals surface area contributed by atoms with Gasteiger partial charge in [-0.15, -0.1) is 0 Å². The van der Waals surface area contributed by atoms with Crippen molar-refractivity contribution in [2.24, 2.45) is 0 Å². The molecule has 0 bridgehead atoms. The molecule has 69 heavy (non-hydrogen) atoms. The number of anilines is 1. The SMILES string of the molecule is CCCCCCCCS.CCCCCCCCSC(=O)Cl.CCCCCCCCSC(=O)Cl.CCCCCCCCSc1nc2ccc(C)cc2c(=O)o1.Cc1ccc(N)c(C(=O)O)c1.O=C(Cl)Cl. The van der Waals surface area contributed by atoms with Gasteiger partial charge in [0.15, 0.2) is 0 Å². The van der Waals surface area contributed by atoms with Gasteiger partial charge in [-0.3, -0.25) is 14.4 Å². The first-order valence-electron chi connectivity index (χ1n) is 24.7. The summed E-state index contributed by atoms with van der Waals surface area (Å²) in [6.07, 6.45) is 31.1. The van der Waals surface area contributed by atoms with Gasteiger partial charge in [-0.25, -0.2) is 14.6 Å². The quantitative estimate of drug-likeness (QED) is 0.0199. The van der Waals surface area contributed by atoms with E-state index < -0.39 is 10.7 Å². The van der Waals surface area contributed by atoms with Crippen molar-refractivity contribution in [1.29, 1.82) is 0 Å². The highest BCUT2D eigenvalue weighted by Crippen LogP contribution is 2.20. The van der Waals surface area contributed by atoms with Gasteiger partial charge in [0.1, 0.15) is 0 Å². The summed E-state index contributed by atoms with van der Waals surface area (Å²) in [4.78, 5) is 56.4. The van der Waals surface area contributed by atoms with Crippen LogP contribution in [0.2, 0.25) is 0 Å². The van der Waals surface area contributed by atoms with E-state index in [2.05, 4.69) is 68.5 Å². The van der Waals surface area contributed by atoms with Gasteiger partial charge in [0.2, 0.25) is 0 Å². The Morgan fingerprint density at radius 3 is 1.36 bits per heavy atom. The number of hydrogen-bond acceptors (Lipinski definition) is 12. The number of aromatic nitrogens is 1. The highest BCUT2D eigenvalue weighted by atomic mass is 35.5. The molecule has 1 heterocycles. The first-order valence-corrected chi connectivity index (χ1v) is 29.8. The van der Waals surface area contributed by atoms with E-state index in [0.29, 0.717) is 16.3 Å². The summed E-state index contributed by atoms with van der Waals surface area (Å²) in [5.41, 5.74) is 8.28. The van der Waals surface area contributed by atoms with E-state index in [1.54, 1.807) is 18.2 Å². The molecule has 0 fully saturated rings. The van der Waals surface area contributed by atoms with Crippen molar-refractivity contribution in [3.05, 3.63) is 63.5 Å². The average Bonchev–Trinajstić information content (AvgIpc) is 3.29. The van der Waals surface area contributed by atoms with Crippen LogP contribution in [0.3, 0.4) is 0 Å². The van der Waals surface area contributed by atoms with E-state index >= 15 is 0 Å². The standard InChI is InChI=1S/C17H23NO2S.2C9H17ClOS.C8H9NO2.C8H18S.CCl2O/c1-3-4-5-6-7-8-11-21-17-18-15-10-9-13(2)12-14(15)16(19)20-17;2*1-2-3-4-5-6-7-8-12-9(10)11;1-5-2-3-7(9)6(4-5)8(10)11;1-2-3-4-5-6-7-8-9;2-1(3)4/h9-10,12H,3-8,11H2,1-2H3;2*2-8H2,1H3;2-4H,9H2,1H3,(H,10,11);9H,2-8H2,1H3;. The van der Waals surface area contributed by atoms with E-state index in [4.69, 9.17) is 43.3 Å². The largest absolute Gasteiger partial charge is 0.478 e. The molecule has 3 rings (SSSR count). The van der Waals surface area contributed by atoms with Gasteiger partial charge in [0, 0.05) is 22.9 Å². The second-order valence-electron chi connectivity index (χ2n) is 16.2. The Morgan fingerprint density at radius 2 is 0.971 bits per heavy atom. The van der Waals surface area contributed by atoms with Crippen LogP contribution in [0, 0.1) is 13.8 Å². The molecule has 396 valence electrons. The molecule has 3 aromatic rings. The maximum Gasteiger partial charge on any atom is 0.347 e. The number of carbonyl (C=O) groups is 4. The third-order valence-corrected chi connectivity index (χ3v) is 13.2. The fraction of sp³-hybridized carbons (Fsp3) is 0.654. The molecule has 1 aromatic heterocycles. The van der Waals surface area contributed by atoms with Crippen LogP contribution in [0.25, 0.3) is 10.9 Å². The first-order chi connectivity index (χ1) is 33.0. The van der Waals surface area contributed by atoms with Gasteiger partial charge in [0.25, 0.3) is 14.4 Å². The van der Waals surface area contributed by atoms with E-state index in [9.17, 15) is 19.2 Å². The number of aromatic carboxylic acids is 1. The third kappa shape index (κ3) is 51.1. The van der Waals surface area contributed by atoms with Gasteiger partial charge in [0.05, 0.1) is 16.5 Å². The number of unbranched alkanes of at least 4 members (excludes halogenated alkanes) is 20. The number of thiol groups is 1. The zero-order chi connectivity index (χ0) is 52.5. The lowest BCUT2D eigenvalue weighted by Crippen LogP contribution is -2.02. The Hall–Kier alpha value is -1.58. The molecule has 17 heteroatoms. The number of halogens is 4. The zero-order valence-corrected chi connectivity index (χ0v) is 48.7. The minimum atomic E-state index is -0.980. The van der Waals surface area contributed by atoms with Crippen molar-refractivity contribution in [2.75, 3.05) is 28.7 Å². The smallest absolute Gasteiger partial charge is 0.347 e. The Morgan fingerprint density at radius 1 is 0.594 bits per heavy atom. The lowest BCUT2D eigenvalue weighted by molar-refractivity contribution is 0.0697. The molecule has 0 unspecified atom stereocenters. The predicted molar refractivity (Wildman–Crippen MR) is 310 cm³/mol. The number of rotatable bonds is 29. The van der Waals surface area contributed by atoms with Gasteiger partial charge in [-0.2, -0.15) is 12.6 Å². The molecule has 0 spiro atoms. The normalized spacial score (nSPS) is 10.1. The second-order valence-corrected chi connectivity index (χ2v) is 21.9. The number of benzene rings is 2. The highest BCUT2D eigenvalue weighted by molar-refractivity contribution is 8.16. The van der Waals surface area contributed by atoms with Crippen LogP contribution in [0.5, 0.6) is 0 Å². The third-order valence-electron chi connectivity index (χ3n) is 9.86. The minimum Gasteiger partial charge on any atom is -0.478 e. The van der Waals surface area contributed by atoms with Crippen molar-refractivity contribution in [1.82, 2.24) is 4.98 Å². The number of carbonyl (C=O) groups excluding carboxylic acids is 3. The molecule has 9 nitrogen and oxygen atoms in total. The lowest BCUT2D eigenvalue weighted by Gasteiger charge is -2.02. The fourth-order valence-corrected chi connectivity index (χ4v) is 8.61. The molecule has 2 aromatic carbocycles. The Balaban J connectivity index is -0.000000801. The van der Waals surface area contributed by atoms with Crippen molar-refractivity contribution in [2.45, 2.75) is 201 Å². The molecule has 0 amide bonds. The molecule has 0 aliphatic carbocycles. The monoisotopic (exact) mass is 1120 g/mol. The molecule has 0 saturated heterocycles. The number of aryl methyl sites for hydroxylation is 2. The van der Waals surface area contributed by atoms with Crippen molar-refractivity contribution < 1.29 is 28.7 Å². The average molecular weight is 1120 g/mol. The van der Waals surface area contributed by atoms with E-state index in [-0.39, 0.29) is 20.3 Å². The van der Waals surface area contributed by atoms with Crippen LogP contribution in [0.15, 0.2) is 50.8 Å². The maximum atomic E-state index is 11.9. The predicted octanol–water partition coefficient (Wildman–Crippen LogP) is 20.0. The maximum absolute atomic E-state index is 11.9. The fourth-order valence-electron chi connectivity index (χ4n) is 6.09. The number of carboxylic acid groups (broad SMARTS) is 1. The zero-order valence-electron chi connectivity index (χ0n) is 42.4. The minimum absolute atomic E-state index is 0.171. The highest BCUT2D eigenvalue weighted by Gasteiger charge is 2.08. The number of hydrogen-bond donors (Lipinski definition) is 3. The summed E-state index contributed by atoms with van der Waals surface area (Å²) in [7, 11) is 0. The Bertz CT molecular complexity index is 1770. The Labute approximate surface area is 454 Å². The summed E-state index contributed by atoms with van der Waals surface area (Å²) in [6, 6.07) is 10.6. The summed E-state index contributed by atoms with van der Waals surface area (Å²) in [5.74, 6) is 2.81. The van der Waals surface area contributed by atoms with E-state index in [1.807, 2.05) is 32.0 Å². The van der Waals surface area contributed by atoms with Crippen LogP contribution in [0.4, 0.5) is 20.1 Å².